The molecule has 0 radical (unpaired) electrons. The fourth-order valence-electron chi connectivity index (χ4n) is 1.17. The number of aliphatic hydroxyl groups is 1. The predicted octanol–water partition coefficient (Wildman–Crippen LogP) is 1.12. The first-order valence-corrected chi connectivity index (χ1v) is 3.02. The number of halogens is 1. The lowest BCUT2D eigenvalue weighted by molar-refractivity contribution is 0.171. The largest absolute Gasteiger partial charge is 0.393 e. The second kappa shape index (κ2) is 2.02. The summed E-state index contributed by atoms with van der Waals surface area (Å²) >= 11 is 0. The second-order valence-corrected chi connectivity index (χ2v) is 2.62. The van der Waals surface area contributed by atoms with Crippen molar-refractivity contribution in [2.45, 2.75) is 32.0 Å². The van der Waals surface area contributed by atoms with Gasteiger partial charge in [0.2, 0.25) is 0 Å². The van der Waals surface area contributed by atoms with Crippen molar-refractivity contribution in [1.82, 2.24) is 0 Å². The van der Waals surface area contributed by atoms with Gasteiger partial charge in [-0.25, -0.2) is 4.39 Å². The van der Waals surface area contributed by atoms with Crippen molar-refractivity contribution >= 4 is 0 Å². The number of hydrogen-bond acceptors (Lipinski definition) is 1. The average Bonchev–Trinajstić information content (AvgIpc) is 1.85. The summed E-state index contributed by atoms with van der Waals surface area (Å²) in [5, 5.41) is 8.83. The second-order valence-electron chi connectivity index (χ2n) is 2.62. The first kappa shape index (κ1) is 6.02. The number of rotatable bonds is 0. The van der Waals surface area contributed by atoms with Crippen molar-refractivity contribution in [3.05, 3.63) is 0 Å². The Balaban J connectivity index is 2.39. The normalized spacial score (nSPS) is 47.6. The molecule has 0 aromatic rings. The van der Waals surface area contributed by atoms with Crippen LogP contribution in [-0.2, 0) is 0 Å². The summed E-state index contributed by atoms with van der Waals surface area (Å²) < 4.78 is 12.4. The van der Waals surface area contributed by atoms with E-state index >= 15 is 0 Å². The highest BCUT2D eigenvalue weighted by Crippen LogP contribution is 2.27. The third-order valence-electron chi connectivity index (χ3n) is 1.76. The Morgan fingerprint density at radius 3 is 2.25 bits per heavy atom. The van der Waals surface area contributed by atoms with E-state index < -0.39 is 6.17 Å². The van der Waals surface area contributed by atoms with Gasteiger partial charge >= 0.3 is 0 Å². The zero-order valence-electron chi connectivity index (χ0n) is 4.97. The van der Waals surface area contributed by atoms with E-state index in [1.165, 1.54) is 0 Å². The first-order valence-electron chi connectivity index (χ1n) is 3.02. The molecular weight excluding hydrogens is 107 g/mol. The van der Waals surface area contributed by atoms with Gasteiger partial charge in [0, 0.05) is 6.42 Å². The van der Waals surface area contributed by atoms with Crippen LogP contribution in [-0.4, -0.2) is 17.4 Å². The van der Waals surface area contributed by atoms with Gasteiger partial charge in [0.05, 0.1) is 6.10 Å². The van der Waals surface area contributed by atoms with Gasteiger partial charge in [0.1, 0.15) is 6.17 Å². The smallest absolute Gasteiger partial charge is 0.105 e. The monoisotopic (exact) mass is 118 g/mol. The summed E-state index contributed by atoms with van der Waals surface area (Å²) in [4.78, 5) is 0. The molecule has 0 aliphatic heterocycles. The maximum absolute atomic E-state index is 12.4. The summed E-state index contributed by atoms with van der Waals surface area (Å²) in [6.45, 7) is 1.83. The van der Waals surface area contributed by atoms with Gasteiger partial charge in [-0.3, -0.25) is 0 Å². The van der Waals surface area contributed by atoms with Crippen molar-refractivity contribution in [2.24, 2.45) is 5.92 Å². The Kier molecular flexibility index (Phi) is 1.52. The van der Waals surface area contributed by atoms with Gasteiger partial charge in [0.15, 0.2) is 0 Å². The summed E-state index contributed by atoms with van der Waals surface area (Å²) in [6, 6.07) is 0. The van der Waals surface area contributed by atoms with Crippen LogP contribution in [0.25, 0.3) is 0 Å². The minimum absolute atomic E-state index is 0.0741. The topological polar surface area (TPSA) is 20.2 Å². The molecule has 0 bridgehead atoms. The van der Waals surface area contributed by atoms with Crippen LogP contribution in [0.4, 0.5) is 4.39 Å². The molecule has 3 atom stereocenters. The molecule has 0 amide bonds. The van der Waals surface area contributed by atoms with Gasteiger partial charge < -0.3 is 5.11 Å². The van der Waals surface area contributed by atoms with Crippen LogP contribution in [0.2, 0.25) is 0 Å². The van der Waals surface area contributed by atoms with Crippen LogP contribution in [0.5, 0.6) is 0 Å². The molecule has 1 aliphatic carbocycles. The van der Waals surface area contributed by atoms with Crippen LogP contribution >= 0.6 is 0 Å². The summed E-state index contributed by atoms with van der Waals surface area (Å²) in [5.74, 6) is 0.0741. The molecule has 1 saturated carbocycles. The Morgan fingerprint density at radius 1 is 1.50 bits per heavy atom. The standard InChI is InChI=1S/C6H11FO/c1-4-2-5(8)3-6(4)7/h4-6,8H,2-3H2,1H3. The van der Waals surface area contributed by atoms with Crippen molar-refractivity contribution in [2.75, 3.05) is 0 Å². The van der Waals surface area contributed by atoms with Gasteiger partial charge in [-0.15, -0.1) is 0 Å². The fourth-order valence-corrected chi connectivity index (χ4v) is 1.17. The lowest BCUT2D eigenvalue weighted by atomic mass is 10.1. The SMILES string of the molecule is CC1CC(O)CC1F. The Labute approximate surface area is 48.5 Å². The highest BCUT2D eigenvalue weighted by molar-refractivity contribution is 4.79. The molecular formula is C6H11FO. The molecule has 1 aliphatic rings. The molecule has 0 heterocycles. The number of hydrogen-bond donors (Lipinski definition) is 1. The van der Waals surface area contributed by atoms with Gasteiger partial charge in [-0.05, 0) is 12.3 Å². The van der Waals surface area contributed by atoms with Crippen molar-refractivity contribution in [3.8, 4) is 0 Å². The fraction of sp³-hybridized carbons (Fsp3) is 1.00. The van der Waals surface area contributed by atoms with Gasteiger partial charge in [0.25, 0.3) is 0 Å². The molecule has 48 valence electrons. The van der Waals surface area contributed by atoms with E-state index in [2.05, 4.69) is 0 Å². The highest BCUT2D eigenvalue weighted by Gasteiger charge is 2.29. The van der Waals surface area contributed by atoms with Gasteiger partial charge in [-0.1, -0.05) is 6.92 Å². The van der Waals surface area contributed by atoms with E-state index in [1.54, 1.807) is 0 Å². The molecule has 1 fully saturated rings. The van der Waals surface area contributed by atoms with E-state index in [1.807, 2.05) is 6.92 Å². The average molecular weight is 118 g/mol. The maximum Gasteiger partial charge on any atom is 0.105 e. The van der Waals surface area contributed by atoms with Crippen LogP contribution in [0.15, 0.2) is 0 Å². The zero-order chi connectivity index (χ0) is 6.15. The van der Waals surface area contributed by atoms with Crippen molar-refractivity contribution in [3.63, 3.8) is 0 Å². The van der Waals surface area contributed by atoms with Crippen LogP contribution in [0.3, 0.4) is 0 Å². The molecule has 0 saturated heterocycles. The number of aliphatic hydroxyl groups excluding tert-OH is 1. The Morgan fingerprint density at radius 2 is 2.12 bits per heavy atom. The molecule has 8 heavy (non-hydrogen) atoms. The van der Waals surface area contributed by atoms with E-state index in [0.29, 0.717) is 12.8 Å². The molecule has 2 heteroatoms. The molecule has 1 rings (SSSR count). The molecule has 1 nitrogen and oxygen atoms in total. The first-order chi connectivity index (χ1) is 3.70. The van der Waals surface area contributed by atoms with Crippen LogP contribution < -0.4 is 0 Å². The molecule has 1 N–H and O–H groups in total. The molecule has 0 spiro atoms. The Bertz CT molecular complexity index is 74.6. The summed E-state index contributed by atoms with van der Waals surface area (Å²) in [5.41, 5.74) is 0. The lowest BCUT2D eigenvalue weighted by Gasteiger charge is -2.00. The van der Waals surface area contributed by atoms with E-state index in [-0.39, 0.29) is 12.0 Å². The van der Waals surface area contributed by atoms with Gasteiger partial charge in [-0.2, -0.15) is 0 Å². The third kappa shape index (κ3) is 0.996. The van der Waals surface area contributed by atoms with Crippen molar-refractivity contribution < 1.29 is 9.50 Å². The third-order valence-corrected chi connectivity index (χ3v) is 1.76. The number of alkyl halides is 1. The summed E-state index contributed by atoms with van der Waals surface area (Å²) in [6.07, 6.45) is -0.146. The lowest BCUT2D eigenvalue weighted by Crippen LogP contribution is -2.01. The van der Waals surface area contributed by atoms with Crippen molar-refractivity contribution in [1.29, 1.82) is 0 Å². The molecule has 0 aromatic heterocycles. The van der Waals surface area contributed by atoms with Crippen LogP contribution in [0, 0.1) is 5.92 Å². The van der Waals surface area contributed by atoms with E-state index in [0.717, 1.165) is 0 Å². The predicted molar refractivity (Wildman–Crippen MR) is 29.3 cm³/mol. The molecule has 3 unspecified atom stereocenters. The minimum atomic E-state index is -0.759. The van der Waals surface area contributed by atoms with E-state index in [4.69, 9.17) is 5.11 Å². The quantitative estimate of drug-likeness (QED) is 0.505. The van der Waals surface area contributed by atoms with E-state index in [9.17, 15) is 4.39 Å². The molecule has 0 aromatic carbocycles. The van der Waals surface area contributed by atoms with Crippen LogP contribution in [0.1, 0.15) is 19.8 Å². The zero-order valence-corrected chi connectivity index (χ0v) is 4.97. The maximum atomic E-state index is 12.4. The summed E-state index contributed by atoms with van der Waals surface area (Å²) in [7, 11) is 0. The minimum Gasteiger partial charge on any atom is -0.393 e. The highest BCUT2D eigenvalue weighted by atomic mass is 19.1. The Hall–Kier alpha value is -0.110.